The van der Waals surface area contributed by atoms with Crippen LogP contribution in [0.1, 0.15) is 5.69 Å². The number of H-pyrrole nitrogens is 1. The van der Waals surface area contributed by atoms with Crippen LogP contribution in [0.4, 0.5) is 0 Å². The Labute approximate surface area is 124 Å². The van der Waals surface area contributed by atoms with E-state index in [0.717, 1.165) is 30.2 Å². The molecule has 2 aromatic carbocycles. The molecular formula is C17H19N3O. The number of aromatic nitrogens is 2. The molecule has 0 amide bonds. The fourth-order valence-corrected chi connectivity index (χ4v) is 2.42. The third-order valence-electron chi connectivity index (χ3n) is 3.47. The summed E-state index contributed by atoms with van der Waals surface area (Å²) in [7, 11) is 1.70. The molecule has 0 atom stereocenters. The van der Waals surface area contributed by atoms with E-state index in [-0.39, 0.29) is 0 Å². The predicted octanol–water partition coefficient (Wildman–Crippen LogP) is 2.97. The van der Waals surface area contributed by atoms with Gasteiger partial charge in [-0.2, -0.15) is 0 Å². The van der Waals surface area contributed by atoms with Gasteiger partial charge in [-0.3, -0.25) is 0 Å². The van der Waals surface area contributed by atoms with Crippen molar-refractivity contribution in [3.8, 4) is 11.4 Å². The second kappa shape index (κ2) is 6.52. The predicted molar refractivity (Wildman–Crippen MR) is 85.1 cm³/mol. The molecule has 3 aromatic rings. The van der Waals surface area contributed by atoms with Gasteiger partial charge in [-0.25, -0.2) is 4.98 Å². The Morgan fingerprint density at radius 3 is 2.90 bits per heavy atom. The zero-order valence-corrected chi connectivity index (χ0v) is 12.1. The van der Waals surface area contributed by atoms with Crippen LogP contribution in [0.3, 0.4) is 0 Å². The Morgan fingerprint density at radius 2 is 2.00 bits per heavy atom. The normalized spacial score (nSPS) is 11.1. The molecule has 3 rings (SSSR count). The fourth-order valence-electron chi connectivity index (χ4n) is 2.42. The van der Waals surface area contributed by atoms with Crippen molar-refractivity contribution in [3.05, 3.63) is 54.4 Å². The van der Waals surface area contributed by atoms with Crippen LogP contribution in [0.15, 0.2) is 48.7 Å². The number of nitrogens with one attached hydrogen (secondary N) is 2. The van der Waals surface area contributed by atoms with Gasteiger partial charge in [-0.15, -0.1) is 0 Å². The highest BCUT2D eigenvalue weighted by Crippen LogP contribution is 2.26. The summed E-state index contributed by atoms with van der Waals surface area (Å²) in [6, 6.07) is 14.6. The lowest BCUT2D eigenvalue weighted by molar-refractivity contribution is 0.199. The summed E-state index contributed by atoms with van der Waals surface area (Å²) in [5, 5.41) is 5.75. The van der Waals surface area contributed by atoms with Gasteiger partial charge in [-0.05, 0) is 10.8 Å². The molecule has 0 saturated carbocycles. The number of hydrogen-bond acceptors (Lipinski definition) is 3. The molecule has 0 unspecified atom stereocenters. The van der Waals surface area contributed by atoms with E-state index < -0.39 is 0 Å². The monoisotopic (exact) mass is 281 g/mol. The minimum absolute atomic E-state index is 0.713. The van der Waals surface area contributed by atoms with Gasteiger partial charge in [0.05, 0.1) is 6.61 Å². The summed E-state index contributed by atoms with van der Waals surface area (Å²) >= 11 is 0. The number of aromatic amines is 1. The van der Waals surface area contributed by atoms with Gasteiger partial charge < -0.3 is 15.0 Å². The molecule has 0 bridgehead atoms. The van der Waals surface area contributed by atoms with Crippen LogP contribution in [0.25, 0.3) is 22.2 Å². The van der Waals surface area contributed by atoms with E-state index in [4.69, 9.17) is 4.74 Å². The summed E-state index contributed by atoms with van der Waals surface area (Å²) in [6.07, 6.45) is 1.89. The van der Waals surface area contributed by atoms with Crippen molar-refractivity contribution in [2.24, 2.45) is 0 Å². The van der Waals surface area contributed by atoms with Crippen LogP contribution in [0.5, 0.6) is 0 Å². The first-order valence-corrected chi connectivity index (χ1v) is 7.10. The van der Waals surface area contributed by atoms with Crippen LogP contribution in [-0.4, -0.2) is 30.2 Å². The standard InChI is InChI=1S/C17H19N3O/c1-21-10-9-18-11-14-12-19-17(20-14)16-8-4-6-13-5-2-3-7-15(13)16/h2-8,12,18H,9-11H2,1H3,(H,19,20). The SMILES string of the molecule is COCCNCc1cnc(-c2cccc3ccccc23)[nH]1. The van der Waals surface area contributed by atoms with Gasteiger partial charge in [0, 0.05) is 37.7 Å². The van der Waals surface area contributed by atoms with Crippen molar-refractivity contribution >= 4 is 10.8 Å². The minimum Gasteiger partial charge on any atom is -0.383 e. The summed E-state index contributed by atoms with van der Waals surface area (Å²) in [5.41, 5.74) is 2.21. The largest absolute Gasteiger partial charge is 0.383 e. The molecule has 1 heterocycles. The lowest BCUT2D eigenvalue weighted by Gasteiger charge is -2.04. The number of ether oxygens (including phenoxy) is 1. The number of nitrogens with zero attached hydrogens (tertiary/aromatic N) is 1. The number of hydrogen-bond donors (Lipinski definition) is 2. The maximum absolute atomic E-state index is 5.01. The average molecular weight is 281 g/mol. The van der Waals surface area contributed by atoms with Gasteiger partial charge in [0.25, 0.3) is 0 Å². The Kier molecular flexibility index (Phi) is 4.28. The Bertz CT molecular complexity index is 715. The van der Waals surface area contributed by atoms with Crippen molar-refractivity contribution in [1.82, 2.24) is 15.3 Å². The van der Waals surface area contributed by atoms with Crippen molar-refractivity contribution in [3.63, 3.8) is 0 Å². The molecule has 0 saturated heterocycles. The van der Waals surface area contributed by atoms with Crippen molar-refractivity contribution in [2.75, 3.05) is 20.3 Å². The first kappa shape index (κ1) is 13.8. The number of imidazole rings is 1. The molecule has 0 fully saturated rings. The van der Waals surface area contributed by atoms with E-state index in [9.17, 15) is 0 Å². The van der Waals surface area contributed by atoms with Gasteiger partial charge in [0.1, 0.15) is 5.82 Å². The lowest BCUT2D eigenvalue weighted by Crippen LogP contribution is -2.18. The highest BCUT2D eigenvalue weighted by molar-refractivity contribution is 5.95. The average Bonchev–Trinajstić information content (AvgIpc) is 3.00. The summed E-state index contributed by atoms with van der Waals surface area (Å²) in [6.45, 7) is 2.31. The molecule has 2 N–H and O–H groups in total. The van der Waals surface area contributed by atoms with E-state index in [1.54, 1.807) is 7.11 Å². The molecule has 21 heavy (non-hydrogen) atoms. The molecule has 0 radical (unpaired) electrons. The van der Waals surface area contributed by atoms with E-state index >= 15 is 0 Å². The van der Waals surface area contributed by atoms with E-state index in [2.05, 4.69) is 57.7 Å². The van der Waals surface area contributed by atoms with E-state index in [0.29, 0.717) is 6.61 Å². The highest BCUT2D eigenvalue weighted by atomic mass is 16.5. The highest BCUT2D eigenvalue weighted by Gasteiger charge is 2.07. The van der Waals surface area contributed by atoms with Gasteiger partial charge >= 0.3 is 0 Å². The molecule has 0 aliphatic heterocycles. The zero-order valence-electron chi connectivity index (χ0n) is 12.1. The lowest BCUT2D eigenvalue weighted by atomic mass is 10.0. The molecule has 108 valence electrons. The maximum atomic E-state index is 5.01. The molecule has 0 aliphatic carbocycles. The molecular weight excluding hydrogens is 262 g/mol. The van der Waals surface area contributed by atoms with Crippen LogP contribution in [-0.2, 0) is 11.3 Å². The van der Waals surface area contributed by atoms with Crippen LogP contribution < -0.4 is 5.32 Å². The number of fused-ring (bicyclic) bond motifs is 1. The number of methoxy groups -OCH3 is 1. The Balaban J connectivity index is 1.81. The summed E-state index contributed by atoms with van der Waals surface area (Å²) in [4.78, 5) is 7.89. The first-order chi connectivity index (χ1) is 10.4. The molecule has 1 aromatic heterocycles. The quantitative estimate of drug-likeness (QED) is 0.683. The summed E-state index contributed by atoms with van der Waals surface area (Å²) in [5.74, 6) is 0.912. The third kappa shape index (κ3) is 3.12. The van der Waals surface area contributed by atoms with Crippen molar-refractivity contribution in [1.29, 1.82) is 0 Å². The van der Waals surface area contributed by atoms with Crippen molar-refractivity contribution in [2.45, 2.75) is 6.54 Å². The van der Waals surface area contributed by atoms with E-state index in [1.165, 1.54) is 10.8 Å². The van der Waals surface area contributed by atoms with Crippen LogP contribution in [0, 0.1) is 0 Å². The Hall–Kier alpha value is -2.17. The topological polar surface area (TPSA) is 49.9 Å². The second-order valence-corrected chi connectivity index (χ2v) is 4.95. The zero-order chi connectivity index (χ0) is 14.5. The third-order valence-corrected chi connectivity index (χ3v) is 3.47. The molecule has 0 spiro atoms. The minimum atomic E-state index is 0.713. The van der Waals surface area contributed by atoms with Gasteiger partial charge in [-0.1, -0.05) is 42.5 Å². The molecule has 4 heteroatoms. The van der Waals surface area contributed by atoms with E-state index in [1.807, 2.05) is 6.20 Å². The van der Waals surface area contributed by atoms with Gasteiger partial charge in [0.2, 0.25) is 0 Å². The Morgan fingerprint density at radius 1 is 1.14 bits per heavy atom. The smallest absolute Gasteiger partial charge is 0.138 e. The second-order valence-electron chi connectivity index (χ2n) is 4.95. The fraction of sp³-hybridized carbons (Fsp3) is 0.235. The van der Waals surface area contributed by atoms with Crippen molar-refractivity contribution < 1.29 is 4.74 Å². The number of rotatable bonds is 6. The molecule has 0 aliphatic rings. The van der Waals surface area contributed by atoms with Gasteiger partial charge in [0.15, 0.2) is 0 Å². The van der Waals surface area contributed by atoms with Crippen LogP contribution >= 0.6 is 0 Å². The summed E-state index contributed by atoms with van der Waals surface area (Å²) < 4.78 is 5.01. The van der Waals surface area contributed by atoms with Crippen LogP contribution in [0.2, 0.25) is 0 Å². The number of benzene rings is 2. The first-order valence-electron chi connectivity index (χ1n) is 7.10. The molecule has 4 nitrogen and oxygen atoms in total. The maximum Gasteiger partial charge on any atom is 0.138 e.